The zero-order valence-corrected chi connectivity index (χ0v) is 14.3. The maximum Gasteiger partial charge on any atom is 0.0701 e. The van der Waals surface area contributed by atoms with E-state index in [4.69, 9.17) is 4.74 Å². The van der Waals surface area contributed by atoms with Crippen LogP contribution in [0.4, 0.5) is 0 Å². The normalized spacial score (nSPS) is 39.9. The van der Waals surface area contributed by atoms with Gasteiger partial charge in [0.25, 0.3) is 0 Å². The minimum absolute atomic E-state index is 0.271. The van der Waals surface area contributed by atoms with E-state index in [1.165, 1.54) is 69.3 Å². The lowest BCUT2D eigenvalue weighted by Crippen LogP contribution is -2.45. The second kappa shape index (κ2) is 6.70. The molecule has 1 saturated carbocycles. The molecule has 3 atom stereocenters. The van der Waals surface area contributed by atoms with Crippen molar-refractivity contribution in [1.82, 2.24) is 0 Å². The molecule has 2 saturated heterocycles. The van der Waals surface area contributed by atoms with Gasteiger partial charge in [0.1, 0.15) is 0 Å². The van der Waals surface area contributed by atoms with Crippen molar-refractivity contribution in [3.8, 4) is 0 Å². The van der Waals surface area contributed by atoms with Crippen LogP contribution in [0.5, 0.6) is 0 Å². The minimum atomic E-state index is 0.271. The van der Waals surface area contributed by atoms with E-state index in [9.17, 15) is 0 Å². The molecule has 19 heavy (non-hydrogen) atoms. The zero-order valence-electron chi connectivity index (χ0n) is 11.9. The van der Waals surface area contributed by atoms with E-state index in [2.05, 4.69) is 27.7 Å². The van der Waals surface area contributed by atoms with Gasteiger partial charge in [0.15, 0.2) is 0 Å². The van der Waals surface area contributed by atoms with Crippen LogP contribution in [-0.2, 0) is 4.74 Å². The van der Waals surface area contributed by atoms with Gasteiger partial charge in [-0.25, -0.2) is 0 Å². The smallest absolute Gasteiger partial charge is 0.0701 e. The monoisotopic (exact) mass is 346 g/mol. The van der Waals surface area contributed by atoms with Crippen LogP contribution in [0.15, 0.2) is 0 Å². The molecule has 3 rings (SSSR count). The number of hydrogen-bond donors (Lipinski definition) is 0. The van der Waals surface area contributed by atoms with E-state index < -0.39 is 0 Å². The SMILES string of the molecule is BrC1CCCCCC1C1CCOC2(CCSCC2)C1. The quantitative estimate of drug-likeness (QED) is 0.486. The van der Waals surface area contributed by atoms with Crippen LogP contribution in [0.3, 0.4) is 0 Å². The Morgan fingerprint density at radius 1 is 1.00 bits per heavy atom. The summed E-state index contributed by atoms with van der Waals surface area (Å²) < 4.78 is 6.27. The summed E-state index contributed by atoms with van der Waals surface area (Å²) in [5.74, 6) is 4.46. The van der Waals surface area contributed by atoms with Gasteiger partial charge >= 0.3 is 0 Å². The summed E-state index contributed by atoms with van der Waals surface area (Å²) in [6, 6.07) is 0. The number of alkyl halides is 1. The van der Waals surface area contributed by atoms with Crippen molar-refractivity contribution in [3.63, 3.8) is 0 Å². The molecule has 110 valence electrons. The molecule has 3 heteroatoms. The minimum Gasteiger partial charge on any atom is -0.375 e. The molecule has 0 radical (unpaired) electrons. The van der Waals surface area contributed by atoms with Crippen LogP contribution in [0, 0.1) is 11.8 Å². The molecule has 1 aliphatic carbocycles. The lowest BCUT2D eigenvalue weighted by Gasteiger charge is -2.46. The summed E-state index contributed by atoms with van der Waals surface area (Å²) in [5.41, 5.74) is 0.271. The van der Waals surface area contributed by atoms with Crippen LogP contribution >= 0.6 is 27.7 Å². The Kier molecular flexibility index (Phi) is 5.19. The molecule has 3 aliphatic rings. The molecular formula is C16H27BrOS. The van der Waals surface area contributed by atoms with Crippen LogP contribution in [0.2, 0.25) is 0 Å². The van der Waals surface area contributed by atoms with E-state index in [1.807, 2.05) is 0 Å². The first-order valence-electron chi connectivity index (χ1n) is 8.15. The Morgan fingerprint density at radius 2 is 1.79 bits per heavy atom. The van der Waals surface area contributed by atoms with Gasteiger partial charge in [-0.05, 0) is 61.9 Å². The third kappa shape index (κ3) is 3.52. The molecule has 3 unspecified atom stereocenters. The Balaban J connectivity index is 1.66. The molecule has 0 aromatic heterocycles. The van der Waals surface area contributed by atoms with E-state index in [0.717, 1.165) is 23.3 Å². The first kappa shape index (κ1) is 14.7. The van der Waals surface area contributed by atoms with Crippen LogP contribution in [-0.4, -0.2) is 28.5 Å². The van der Waals surface area contributed by atoms with E-state index in [1.54, 1.807) is 0 Å². The maximum absolute atomic E-state index is 6.27. The Bertz CT molecular complexity index is 285. The zero-order chi connectivity index (χ0) is 13.1. The number of ether oxygens (including phenoxy) is 1. The van der Waals surface area contributed by atoms with Crippen LogP contribution < -0.4 is 0 Å². The van der Waals surface area contributed by atoms with Crippen molar-refractivity contribution in [3.05, 3.63) is 0 Å². The maximum atomic E-state index is 6.27. The molecule has 0 bridgehead atoms. The summed E-state index contributed by atoms with van der Waals surface area (Å²) >= 11 is 6.12. The van der Waals surface area contributed by atoms with Gasteiger partial charge in [0.05, 0.1) is 5.60 Å². The molecule has 0 N–H and O–H groups in total. The van der Waals surface area contributed by atoms with Gasteiger partial charge in [-0.3, -0.25) is 0 Å². The van der Waals surface area contributed by atoms with Crippen molar-refractivity contribution in [2.75, 3.05) is 18.1 Å². The number of rotatable bonds is 1. The topological polar surface area (TPSA) is 9.23 Å². The summed E-state index contributed by atoms with van der Waals surface area (Å²) in [6.45, 7) is 1.02. The van der Waals surface area contributed by atoms with Gasteiger partial charge in [-0.1, -0.05) is 35.2 Å². The highest BCUT2D eigenvalue weighted by molar-refractivity contribution is 9.09. The fourth-order valence-corrected chi connectivity index (χ4v) is 6.60. The van der Waals surface area contributed by atoms with Crippen molar-refractivity contribution in [1.29, 1.82) is 0 Å². The Labute approximate surface area is 130 Å². The third-order valence-corrected chi connectivity index (χ3v) is 7.65. The van der Waals surface area contributed by atoms with Gasteiger partial charge in [0, 0.05) is 11.4 Å². The standard InChI is InChI=1S/C16H27BrOS/c17-15-5-3-1-2-4-14(15)13-6-9-18-16(12-13)7-10-19-11-8-16/h13-15H,1-12H2. The first-order chi connectivity index (χ1) is 9.29. The predicted octanol–water partition coefficient (Wildman–Crippen LogP) is 5.02. The number of thioether (sulfide) groups is 1. The van der Waals surface area contributed by atoms with Crippen molar-refractivity contribution < 1.29 is 4.74 Å². The molecule has 0 aromatic carbocycles. The van der Waals surface area contributed by atoms with Gasteiger partial charge in [0.2, 0.25) is 0 Å². The third-order valence-electron chi connectivity index (χ3n) is 5.52. The summed E-state index contributed by atoms with van der Waals surface area (Å²) in [5, 5.41) is 0. The molecule has 0 aromatic rings. The van der Waals surface area contributed by atoms with Crippen molar-refractivity contribution in [2.24, 2.45) is 11.8 Å². The molecular weight excluding hydrogens is 320 g/mol. The second-order valence-corrected chi connectivity index (χ2v) is 9.12. The molecule has 1 nitrogen and oxygen atoms in total. The van der Waals surface area contributed by atoms with Crippen molar-refractivity contribution in [2.45, 2.75) is 68.2 Å². The van der Waals surface area contributed by atoms with Crippen LogP contribution in [0.25, 0.3) is 0 Å². The largest absolute Gasteiger partial charge is 0.375 e. The average molecular weight is 347 g/mol. The Morgan fingerprint density at radius 3 is 2.63 bits per heavy atom. The second-order valence-electron chi connectivity index (χ2n) is 6.71. The highest BCUT2D eigenvalue weighted by Crippen LogP contribution is 2.45. The number of hydrogen-bond acceptors (Lipinski definition) is 2. The Hall–Kier alpha value is 0.790. The van der Waals surface area contributed by atoms with Crippen LogP contribution in [0.1, 0.15) is 57.8 Å². The highest BCUT2D eigenvalue weighted by Gasteiger charge is 2.42. The summed E-state index contributed by atoms with van der Waals surface area (Å²) in [7, 11) is 0. The van der Waals surface area contributed by atoms with Gasteiger partial charge < -0.3 is 4.74 Å². The molecule has 3 fully saturated rings. The van der Waals surface area contributed by atoms with Gasteiger partial charge in [-0.15, -0.1) is 0 Å². The lowest BCUT2D eigenvalue weighted by molar-refractivity contribution is -0.111. The molecule has 2 aliphatic heterocycles. The fourth-order valence-electron chi connectivity index (χ4n) is 4.35. The number of halogens is 1. The predicted molar refractivity (Wildman–Crippen MR) is 87.3 cm³/mol. The molecule has 0 amide bonds. The van der Waals surface area contributed by atoms with Gasteiger partial charge in [-0.2, -0.15) is 11.8 Å². The van der Waals surface area contributed by atoms with E-state index >= 15 is 0 Å². The van der Waals surface area contributed by atoms with E-state index in [0.29, 0.717) is 0 Å². The summed E-state index contributed by atoms with van der Waals surface area (Å²) in [6.07, 6.45) is 12.4. The fraction of sp³-hybridized carbons (Fsp3) is 1.00. The molecule has 2 heterocycles. The van der Waals surface area contributed by atoms with Crippen molar-refractivity contribution >= 4 is 27.7 Å². The molecule has 1 spiro atoms. The summed E-state index contributed by atoms with van der Waals surface area (Å²) in [4.78, 5) is 0.771. The lowest BCUT2D eigenvalue weighted by atomic mass is 9.73. The van der Waals surface area contributed by atoms with E-state index in [-0.39, 0.29) is 5.60 Å². The average Bonchev–Trinajstić information content (AvgIpc) is 2.64. The first-order valence-corrected chi connectivity index (χ1v) is 10.2. The highest BCUT2D eigenvalue weighted by atomic mass is 79.9.